The van der Waals surface area contributed by atoms with Gasteiger partial charge >= 0.3 is 0 Å². The molecule has 0 unspecified atom stereocenters. The van der Waals surface area contributed by atoms with Crippen molar-refractivity contribution in [1.29, 1.82) is 0 Å². The molecule has 29 heavy (non-hydrogen) atoms. The zero-order chi connectivity index (χ0) is 20.6. The summed E-state index contributed by atoms with van der Waals surface area (Å²) in [4.78, 5) is 12.6. The summed E-state index contributed by atoms with van der Waals surface area (Å²) in [5, 5.41) is 5.58. The Bertz CT molecular complexity index is 962. The average molecular weight is 392 g/mol. The molecule has 4 nitrogen and oxygen atoms in total. The van der Waals surface area contributed by atoms with E-state index in [2.05, 4.69) is 54.7 Å². The molecule has 0 aromatic heterocycles. The smallest absolute Gasteiger partial charge is 0.251 e. The second-order valence-corrected chi connectivity index (χ2v) is 7.19. The molecule has 0 aliphatic heterocycles. The summed E-state index contributed by atoms with van der Waals surface area (Å²) in [5.41, 5.74) is 1.89. The van der Waals surface area contributed by atoms with Crippen LogP contribution in [0.15, 0.2) is 60.7 Å². The molecule has 0 spiro atoms. The Balaban J connectivity index is 1.63. The van der Waals surface area contributed by atoms with E-state index in [9.17, 15) is 4.79 Å². The van der Waals surface area contributed by atoms with Gasteiger partial charge in [0.25, 0.3) is 5.91 Å². The predicted octanol–water partition coefficient (Wildman–Crippen LogP) is 5.25. The minimum Gasteiger partial charge on any atom is -0.490 e. The maximum Gasteiger partial charge on any atom is 0.251 e. The number of fused-ring (bicyclic) bond motifs is 1. The maximum absolute atomic E-state index is 12.6. The lowest BCUT2D eigenvalue weighted by Crippen LogP contribution is -2.29. The van der Waals surface area contributed by atoms with Gasteiger partial charge in [-0.3, -0.25) is 4.79 Å². The van der Waals surface area contributed by atoms with Crippen LogP contribution in [0.3, 0.4) is 0 Å². The fraction of sp³-hybridized carbons (Fsp3) is 0.320. The van der Waals surface area contributed by atoms with Crippen LogP contribution in [0.4, 0.5) is 0 Å². The largest absolute Gasteiger partial charge is 0.490 e. The van der Waals surface area contributed by atoms with Gasteiger partial charge in [-0.15, -0.1) is 0 Å². The molecule has 0 saturated carbocycles. The zero-order valence-corrected chi connectivity index (χ0v) is 17.4. The van der Waals surface area contributed by atoms with Crippen molar-refractivity contribution in [2.45, 2.75) is 27.2 Å². The summed E-state index contributed by atoms with van der Waals surface area (Å²) < 4.78 is 11.2. The van der Waals surface area contributed by atoms with E-state index >= 15 is 0 Å². The Labute approximate surface area is 172 Å². The number of hydrogen-bond acceptors (Lipinski definition) is 3. The Morgan fingerprint density at radius 2 is 1.66 bits per heavy atom. The minimum absolute atomic E-state index is 0.0984. The molecule has 3 aromatic carbocycles. The van der Waals surface area contributed by atoms with Crippen molar-refractivity contribution >= 4 is 16.7 Å². The van der Waals surface area contributed by atoms with Crippen LogP contribution < -0.4 is 14.8 Å². The Kier molecular flexibility index (Phi) is 7.12. The van der Waals surface area contributed by atoms with Crippen molar-refractivity contribution in [3.63, 3.8) is 0 Å². The quantitative estimate of drug-likeness (QED) is 0.542. The van der Waals surface area contributed by atoms with E-state index in [-0.39, 0.29) is 5.91 Å². The molecule has 0 fully saturated rings. The third-order valence-electron chi connectivity index (χ3n) is 4.86. The number of carbonyl (C=O) groups excluding carboxylic acids is 1. The highest BCUT2D eigenvalue weighted by molar-refractivity contribution is 5.94. The Morgan fingerprint density at radius 1 is 0.931 bits per heavy atom. The molecule has 1 amide bonds. The lowest BCUT2D eigenvalue weighted by atomic mass is 9.96. The second kappa shape index (κ2) is 9.97. The summed E-state index contributed by atoms with van der Waals surface area (Å²) in [6.45, 7) is 7.68. The van der Waals surface area contributed by atoms with Crippen molar-refractivity contribution in [2.75, 3.05) is 19.8 Å². The van der Waals surface area contributed by atoms with Crippen LogP contribution in [-0.2, 0) is 6.42 Å². The van der Waals surface area contributed by atoms with Crippen molar-refractivity contribution in [3.8, 4) is 11.5 Å². The molecule has 1 N–H and O–H groups in total. The van der Waals surface area contributed by atoms with E-state index in [4.69, 9.17) is 9.47 Å². The standard InChI is InChI=1S/C25H29NO3/c1-4-28-23-14-13-21(16-24(23)29-5-2)25(27)26-17-18(3)15-20-11-8-10-19-9-6-7-12-22(19)20/h6-14,16,18H,4-5,15,17H2,1-3H3,(H,26,27)/t18-/m0/s1. The molecule has 0 bridgehead atoms. The normalized spacial score (nSPS) is 11.8. The highest BCUT2D eigenvalue weighted by atomic mass is 16.5. The summed E-state index contributed by atoms with van der Waals surface area (Å²) in [5.74, 6) is 1.48. The molecule has 1 atom stereocenters. The Hall–Kier alpha value is -3.01. The van der Waals surface area contributed by atoms with Crippen LogP contribution in [0.1, 0.15) is 36.7 Å². The first-order valence-corrected chi connectivity index (χ1v) is 10.3. The molecule has 152 valence electrons. The monoisotopic (exact) mass is 391 g/mol. The van der Waals surface area contributed by atoms with Gasteiger partial charge in [0, 0.05) is 12.1 Å². The third-order valence-corrected chi connectivity index (χ3v) is 4.86. The fourth-order valence-corrected chi connectivity index (χ4v) is 3.48. The van der Waals surface area contributed by atoms with Gasteiger partial charge in [-0.1, -0.05) is 49.4 Å². The van der Waals surface area contributed by atoms with Crippen LogP contribution >= 0.6 is 0 Å². The highest BCUT2D eigenvalue weighted by Gasteiger charge is 2.13. The molecule has 4 heteroatoms. The van der Waals surface area contributed by atoms with Crippen molar-refractivity contribution < 1.29 is 14.3 Å². The lowest BCUT2D eigenvalue weighted by Gasteiger charge is -2.15. The highest BCUT2D eigenvalue weighted by Crippen LogP contribution is 2.28. The molecule has 3 aromatic rings. The van der Waals surface area contributed by atoms with Crippen molar-refractivity contribution in [1.82, 2.24) is 5.32 Å². The third kappa shape index (κ3) is 5.29. The molecule has 0 aliphatic carbocycles. The number of ether oxygens (including phenoxy) is 2. The van der Waals surface area contributed by atoms with E-state index in [1.54, 1.807) is 18.2 Å². The first-order chi connectivity index (χ1) is 14.1. The average Bonchev–Trinajstić information content (AvgIpc) is 2.74. The molecule has 0 aliphatic rings. The van der Waals surface area contributed by atoms with Crippen LogP contribution in [0, 0.1) is 5.92 Å². The summed E-state index contributed by atoms with van der Waals surface area (Å²) in [6.07, 6.45) is 0.912. The number of benzene rings is 3. The molecular weight excluding hydrogens is 362 g/mol. The van der Waals surface area contributed by atoms with E-state index in [1.165, 1.54) is 16.3 Å². The summed E-state index contributed by atoms with van der Waals surface area (Å²) >= 11 is 0. The van der Waals surface area contributed by atoms with E-state index in [0.29, 0.717) is 42.7 Å². The molecular formula is C25H29NO3. The number of amides is 1. The van der Waals surface area contributed by atoms with Crippen molar-refractivity contribution in [2.24, 2.45) is 5.92 Å². The van der Waals surface area contributed by atoms with Crippen LogP contribution in [0.5, 0.6) is 11.5 Å². The number of rotatable bonds is 9. The van der Waals surface area contributed by atoms with Crippen LogP contribution in [0.25, 0.3) is 10.8 Å². The number of carbonyl (C=O) groups is 1. The molecule has 0 heterocycles. The van der Waals surface area contributed by atoms with Gasteiger partial charge in [0.2, 0.25) is 0 Å². The van der Waals surface area contributed by atoms with Crippen LogP contribution in [-0.4, -0.2) is 25.7 Å². The second-order valence-electron chi connectivity index (χ2n) is 7.19. The number of nitrogens with one attached hydrogen (secondary N) is 1. The molecule has 3 rings (SSSR count). The van der Waals surface area contributed by atoms with E-state index < -0.39 is 0 Å². The fourth-order valence-electron chi connectivity index (χ4n) is 3.48. The zero-order valence-electron chi connectivity index (χ0n) is 17.4. The van der Waals surface area contributed by atoms with Gasteiger partial charge in [-0.05, 0) is 60.7 Å². The summed E-state index contributed by atoms with van der Waals surface area (Å²) in [7, 11) is 0. The van der Waals surface area contributed by atoms with Gasteiger partial charge in [-0.2, -0.15) is 0 Å². The SMILES string of the molecule is CCOc1ccc(C(=O)NC[C@@H](C)Cc2cccc3ccccc23)cc1OCC. The van der Waals surface area contributed by atoms with Gasteiger partial charge in [-0.25, -0.2) is 0 Å². The van der Waals surface area contributed by atoms with Gasteiger partial charge < -0.3 is 14.8 Å². The molecule has 0 saturated heterocycles. The van der Waals surface area contributed by atoms with E-state index in [0.717, 1.165) is 6.42 Å². The molecule has 0 radical (unpaired) electrons. The summed E-state index contributed by atoms with van der Waals surface area (Å²) in [6, 6.07) is 20.1. The van der Waals surface area contributed by atoms with Gasteiger partial charge in [0.05, 0.1) is 13.2 Å². The van der Waals surface area contributed by atoms with Gasteiger partial charge in [0.1, 0.15) is 0 Å². The lowest BCUT2D eigenvalue weighted by molar-refractivity contribution is 0.0947. The Morgan fingerprint density at radius 3 is 2.45 bits per heavy atom. The predicted molar refractivity (Wildman–Crippen MR) is 118 cm³/mol. The van der Waals surface area contributed by atoms with E-state index in [1.807, 2.05) is 13.8 Å². The van der Waals surface area contributed by atoms with Gasteiger partial charge in [0.15, 0.2) is 11.5 Å². The number of hydrogen-bond donors (Lipinski definition) is 1. The first kappa shape index (κ1) is 20.7. The van der Waals surface area contributed by atoms with Crippen LogP contribution in [0.2, 0.25) is 0 Å². The topological polar surface area (TPSA) is 47.6 Å². The minimum atomic E-state index is -0.0984. The first-order valence-electron chi connectivity index (χ1n) is 10.3. The van der Waals surface area contributed by atoms with Crippen molar-refractivity contribution in [3.05, 3.63) is 71.8 Å². The maximum atomic E-state index is 12.6.